The summed E-state index contributed by atoms with van der Waals surface area (Å²) < 4.78 is 25.8. The van der Waals surface area contributed by atoms with Gasteiger partial charge in [0.1, 0.15) is 0 Å². The minimum absolute atomic E-state index is 0. The number of likely N-dealkylation sites (tertiary alicyclic amines) is 1. The fourth-order valence-corrected chi connectivity index (χ4v) is 3.88. The second kappa shape index (κ2) is 8.81. The zero-order valence-corrected chi connectivity index (χ0v) is 16.6. The second-order valence-corrected chi connectivity index (χ2v) is 8.50. The Kier molecular flexibility index (Phi) is 7.57. The zero-order valence-electron chi connectivity index (χ0n) is 14.9. The number of hydrogen-bond donors (Lipinski definition) is 2. The van der Waals surface area contributed by atoms with Gasteiger partial charge in [0.2, 0.25) is 15.9 Å². The molecule has 1 aromatic rings. The van der Waals surface area contributed by atoms with Gasteiger partial charge < -0.3 is 10.4 Å². The highest BCUT2D eigenvalue weighted by atomic mass is 35.5. The highest BCUT2D eigenvalue weighted by Gasteiger charge is 2.29. The van der Waals surface area contributed by atoms with Gasteiger partial charge >= 0.3 is 5.97 Å². The van der Waals surface area contributed by atoms with Crippen molar-refractivity contribution in [1.82, 2.24) is 9.21 Å². The van der Waals surface area contributed by atoms with Crippen molar-refractivity contribution in [3.05, 3.63) is 23.8 Å². The van der Waals surface area contributed by atoms with Crippen LogP contribution in [-0.4, -0.2) is 68.3 Å². The maximum atomic E-state index is 12.3. The first-order valence-electron chi connectivity index (χ1n) is 7.89. The molecule has 1 aliphatic heterocycles. The summed E-state index contributed by atoms with van der Waals surface area (Å²) in [6, 6.07) is 4.72. The number of hydrogen-bond acceptors (Lipinski definition) is 5. The second-order valence-electron chi connectivity index (χ2n) is 6.37. The van der Waals surface area contributed by atoms with Crippen LogP contribution in [0.1, 0.15) is 12.0 Å². The molecule has 1 amide bonds. The molecule has 8 nitrogen and oxygen atoms in total. The van der Waals surface area contributed by atoms with Gasteiger partial charge in [0.05, 0.1) is 17.4 Å². The van der Waals surface area contributed by atoms with Crippen molar-refractivity contribution in [3.63, 3.8) is 0 Å². The number of benzene rings is 1. The number of carbonyl (C=O) groups is 2. The van der Waals surface area contributed by atoms with Gasteiger partial charge in [-0.1, -0.05) is 6.07 Å². The molecule has 0 aliphatic carbocycles. The van der Waals surface area contributed by atoms with Gasteiger partial charge in [0.25, 0.3) is 0 Å². The lowest BCUT2D eigenvalue weighted by Crippen LogP contribution is -2.32. The fourth-order valence-electron chi connectivity index (χ4n) is 2.73. The third-order valence-corrected chi connectivity index (χ3v) is 6.18. The third-order valence-electron chi connectivity index (χ3n) is 4.22. The van der Waals surface area contributed by atoms with Gasteiger partial charge in [-0.2, -0.15) is 0 Å². The fraction of sp³-hybridized carbons (Fsp3) is 0.500. The highest BCUT2D eigenvalue weighted by Crippen LogP contribution is 2.22. The van der Waals surface area contributed by atoms with Crippen molar-refractivity contribution in [2.45, 2.75) is 18.2 Å². The smallest absolute Gasteiger partial charge is 0.307 e. The number of rotatable bonds is 6. The molecule has 0 aromatic heterocycles. The lowest BCUT2D eigenvalue weighted by Gasteiger charge is -2.17. The molecule has 10 heteroatoms. The molecule has 1 aliphatic rings. The Labute approximate surface area is 159 Å². The SMILES string of the molecule is Cc1ccc(NC(=O)CN2CCC(C(=O)O)C2)cc1S(=O)(=O)N(C)C.Cl. The van der Waals surface area contributed by atoms with Crippen molar-refractivity contribution in [2.24, 2.45) is 5.92 Å². The van der Waals surface area contributed by atoms with Crippen LogP contribution >= 0.6 is 12.4 Å². The summed E-state index contributed by atoms with van der Waals surface area (Å²) in [5.74, 6) is -1.59. The van der Waals surface area contributed by atoms with E-state index in [1.165, 1.54) is 20.2 Å². The molecule has 2 N–H and O–H groups in total. The molecule has 0 saturated carbocycles. The van der Waals surface area contributed by atoms with E-state index in [1.807, 2.05) is 0 Å². The van der Waals surface area contributed by atoms with Crippen molar-refractivity contribution in [1.29, 1.82) is 0 Å². The Hall–Kier alpha value is -1.68. The van der Waals surface area contributed by atoms with E-state index in [4.69, 9.17) is 5.11 Å². The minimum atomic E-state index is -3.60. The van der Waals surface area contributed by atoms with Gasteiger partial charge in [-0.25, -0.2) is 12.7 Å². The van der Waals surface area contributed by atoms with E-state index in [0.29, 0.717) is 30.8 Å². The summed E-state index contributed by atoms with van der Waals surface area (Å²) >= 11 is 0. The number of nitrogens with zero attached hydrogens (tertiary/aromatic N) is 2. The van der Waals surface area contributed by atoms with Gasteiger partial charge in [-0.3, -0.25) is 14.5 Å². The Balaban J connectivity index is 0.00000338. The number of sulfonamides is 1. The van der Waals surface area contributed by atoms with Crippen LogP contribution in [0.25, 0.3) is 0 Å². The number of aryl methyl sites for hydroxylation is 1. The van der Waals surface area contributed by atoms with E-state index in [1.54, 1.807) is 24.0 Å². The van der Waals surface area contributed by atoms with Gasteiger partial charge in [-0.15, -0.1) is 12.4 Å². The standard InChI is InChI=1S/C16H23N3O5S.ClH/c1-11-4-5-13(8-14(11)25(23,24)18(2)3)17-15(20)10-19-7-6-12(9-19)16(21)22;/h4-5,8,12H,6-7,9-10H2,1-3H3,(H,17,20)(H,21,22);1H. The molecular formula is C16H24ClN3O5S. The topological polar surface area (TPSA) is 107 Å². The third kappa shape index (κ3) is 5.16. The lowest BCUT2D eigenvalue weighted by molar-refractivity contribution is -0.141. The van der Waals surface area contributed by atoms with Crippen LogP contribution in [0.4, 0.5) is 5.69 Å². The van der Waals surface area contributed by atoms with E-state index in [0.717, 1.165) is 4.31 Å². The Morgan fingerprint density at radius 2 is 2.00 bits per heavy atom. The van der Waals surface area contributed by atoms with E-state index in [2.05, 4.69) is 5.32 Å². The van der Waals surface area contributed by atoms with Crippen LogP contribution < -0.4 is 5.32 Å². The van der Waals surface area contributed by atoms with Crippen LogP contribution in [0.15, 0.2) is 23.1 Å². The molecule has 1 unspecified atom stereocenters. The molecule has 1 aromatic carbocycles. The first-order chi connectivity index (χ1) is 11.6. The average Bonchev–Trinajstić information content (AvgIpc) is 2.97. The quantitative estimate of drug-likeness (QED) is 0.731. The molecule has 1 atom stereocenters. The predicted octanol–water partition coefficient (Wildman–Crippen LogP) is 1.01. The summed E-state index contributed by atoms with van der Waals surface area (Å²) in [5.41, 5.74) is 0.987. The summed E-state index contributed by atoms with van der Waals surface area (Å²) in [5, 5.41) is 11.7. The van der Waals surface area contributed by atoms with E-state index in [9.17, 15) is 18.0 Å². The summed E-state index contributed by atoms with van der Waals surface area (Å²) in [6.07, 6.45) is 0.526. The number of nitrogens with one attached hydrogen (secondary N) is 1. The first-order valence-corrected chi connectivity index (χ1v) is 9.33. The summed E-state index contributed by atoms with van der Waals surface area (Å²) in [6.45, 7) is 2.67. The number of carboxylic acids is 1. The van der Waals surface area contributed by atoms with E-state index < -0.39 is 21.9 Å². The zero-order chi connectivity index (χ0) is 18.8. The van der Waals surface area contributed by atoms with E-state index in [-0.39, 0.29) is 29.8 Å². The van der Waals surface area contributed by atoms with E-state index >= 15 is 0 Å². The number of anilines is 1. The van der Waals surface area contributed by atoms with Crippen molar-refractivity contribution < 1.29 is 23.1 Å². The van der Waals surface area contributed by atoms with Gasteiger partial charge in [-0.05, 0) is 37.6 Å². The van der Waals surface area contributed by atoms with Crippen LogP contribution in [0.3, 0.4) is 0 Å². The Bertz CT molecular complexity index is 782. The number of carboxylic acid groups (broad SMARTS) is 1. The monoisotopic (exact) mass is 405 g/mol. The highest BCUT2D eigenvalue weighted by molar-refractivity contribution is 7.89. The molecule has 1 heterocycles. The number of amides is 1. The van der Waals surface area contributed by atoms with Crippen molar-refractivity contribution in [3.8, 4) is 0 Å². The normalized spacial score (nSPS) is 17.8. The molecular weight excluding hydrogens is 382 g/mol. The number of aliphatic carboxylic acids is 1. The molecule has 1 saturated heterocycles. The Morgan fingerprint density at radius 3 is 2.54 bits per heavy atom. The molecule has 0 spiro atoms. The molecule has 1 fully saturated rings. The van der Waals surface area contributed by atoms with Gasteiger partial charge in [0.15, 0.2) is 0 Å². The maximum absolute atomic E-state index is 12.3. The van der Waals surface area contributed by atoms with Gasteiger partial charge in [0, 0.05) is 26.3 Å². The molecule has 0 radical (unpaired) electrons. The van der Waals surface area contributed by atoms with Crippen molar-refractivity contribution in [2.75, 3.05) is 39.0 Å². The largest absolute Gasteiger partial charge is 0.481 e. The predicted molar refractivity (Wildman–Crippen MR) is 100 cm³/mol. The molecule has 0 bridgehead atoms. The molecule has 2 rings (SSSR count). The van der Waals surface area contributed by atoms with Crippen LogP contribution in [0.2, 0.25) is 0 Å². The van der Waals surface area contributed by atoms with Crippen LogP contribution in [0.5, 0.6) is 0 Å². The lowest BCUT2D eigenvalue weighted by atomic mass is 10.1. The number of halogens is 1. The summed E-state index contributed by atoms with van der Waals surface area (Å²) in [7, 11) is -0.697. The number of carbonyl (C=O) groups excluding carboxylic acids is 1. The Morgan fingerprint density at radius 1 is 1.35 bits per heavy atom. The molecule has 26 heavy (non-hydrogen) atoms. The summed E-state index contributed by atoms with van der Waals surface area (Å²) in [4.78, 5) is 25.0. The van der Waals surface area contributed by atoms with Crippen molar-refractivity contribution >= 4 is 40.0 Å². The molecule has 146 valence electrons. The first kappa shape index (κ1) is 22.4. The van der Waals surface area contributed by atoms with Crippen LogP contribution in [0, 0.1) is 12.8 Å². The average molecular weight is 406 g/mol. The van der Waals surface area contributed by atoms with Crippen LogP contribution in [-0.2, 0) is 19.6 Å². The minimum Gasteiger partial charge on any atom is -0.481 e. The maximum Gasteiger partial charge on any atom is 0.307 e.